The van der Waals surface area contributed by atoms with Crippen LogP contribution in [0.15, 0.2) is 64.3 Å². The van der Waals surface area contributed by atoms with Crippen LogP contribution >= 0.6 is 0 Å². The predicted molar refractivity (Wildman–Crippen MR) is 127 cm³/mol. The Kier molecular flexibility index (Phi) is 4.56. The fraction of sp³-hybridized carbons (Fsp3) is 0.167. The number of nitrogens with zero attached hydrogens (tertiary/aromatic N) is 5. The van der Waals surface area contributed by atoms with Gasteiger partial charge in [-0.3, -0.25) is 27.7 Å². The second-order valence-corrected chi connectivity index (χ2v) is 8.10. The predicted octanol–water partition coefficient (Wildman–Crippen LogP) is 2.61. The van der Waals surface area contributed by atoms with Gasteiger partial charge in [-0.25, -0.2) is 4.79 Å². The highest BCUT2D eigenvalue weighted by Gasteiger charge is 2.21. The smallest absolute Gasteiger partial charge is 0.326 e. The number of nitrogens with one attached hydrogen (secondary N) is 1. The minimum atomic E-state index is -0.432. The van der Waals surface area contributed by atoms with Crippen LogP contribution in [0.5, 0.6) is 0 Å². The van der Waals surface area contributed by atoms with Gasteiger partial charge < -0.3 is 5.32 Å². The third-order valence-corrected chi connectivity index (χ3v) is 5.76. The number of imidazole rings is 2. The maximum atomic E-state index is 13.0. The lowest BCUT2D eigenvalue weighted by Crippen LogP contribution is -2.37. The quantitative estimate of drug-likeness (QED) is 0.465. The van der Waals surface area contributed by atoms with Crippen LogP contribution in [0, 0.1) is 6.92 Å². The molecule has 33 heavy (non-hydrogen) atoms. The van der Waals surface area contributed by atoms with E-state index in [0.29, 0.717) is 22.6 Å². The number of hydrogen-bond donors (Lipinski definition) is 1. The number of carbonyl (C=O) groups excluding carboxylic acids is 1. The Morgan fingerprint density at radius 1 is 0.939 bits per heavy atom. The molecule has 0 saturated carbocycles. The normalized spacial score (nSPS) is 11.4. The van der Waals surface area contributed by atoms with Gasteiger partial charge in [0.2, 0.25) is 11.7 Å². The molecule has 3 aromatic heterocycles. The molecule has 5 aromatic rings. The summed E-state index contributed by atoms with van der Waals surface area (Å²) in [6, 6.07) is 15.4. The highest BCUT2D eigenvalue weighted by molar-refractivity contribution is 5.88. The van der Waals surface area contributed by atoms with Gasteiger partial charge in [0.05, 0.1) is 5.69 Å². The van der Waals surface area contributed by atoms with Crippen molar-refractivity contribution in [3.05, 3.63) is 81.1 Å². The third kappa shape index (κ3) is 3.16. The molecule has 1 N–H and O–H groups in total. The van der Waals surface area contributed by atoms with Crippen molar-refractivity contribution >= 4 is 28.5 Å². The SMILES string of the molecule is CC(=O)Nc1ccc(-n2c(-c3ccc(C)cc3)cn3c4c(=O)n(C)c(=O)n(C)c4nc23)cc1. The molecule has 0 spiro atoms. The standard InChI is InChI=1S/C24H22N6O3/c1-14-5-7-16(8-6-14)19-13-29-20-21(27(3)24(33)28(4)22(20)32)26-23(29)30(19)18-11-9-17(10-12-18)25-15(2)31/h5-13H,1-4H3,(H,25,31). The Balaban J connectivity index is 1.85. The van der Waals surface area contributed by atoms with Gasteiger partial charge in [0.1, 0.15) is 0 Å². The van der Waals surface area contributed by atoms with E-state index in [1.54, 1.807) is 11.4 Å². The number of hydrogen-bond acceptors (Lipinski definition) is 4. The fourth-order valence-corrected chi connectivity index (χ4v) is 4.05. The zero-order valence-corrected chi connectivity index (χ0v) is 18.7. The van der Waals surface area contributed by atoms with E-state index in [4.69, 9.17) is 4.98 Å². The second-order valence-electron chi connectivity index (χ2n) is 8.10. The molecule has 0 unspecified atom stereocenters. The average Bonchev–Trinajstić information content (AvgIpc) is 3.33. The van der Waals surface area contributed by atoms with Crippen molar-refractivity contribution in [1.29, 1.82) is 0 Å². The Morgan fingerprint density at radius 2 is 1.61 bits per heavy atom. The summed E-state index contributed by atoms with van der Waals surface area (Å²) in [5.41, 5.74) is 4.20. The molecule has 0 fully saturated rings. The minimum absolute atomic E-state index is 0.150. The first-order chi connectivity index (χ1) is 15.8. The Labute approximate surface area is 188 Å². The molecule has 3 heterocycles. The molecule has 0 bridgehead atoms. The molecule has 166 valence electrons. The Morgan fingerprint density at radius 3 is 2.24 bits per heavy atom. The molecular weight excluding hydrogens is 420 g/mol. The molecule has 0 aliphatic rings. The van der Waals surface area contributed by atoms with Gasteiger partial charge in [0.15, 0.2) is 11.2 Å². The topological polar surface area (TPSA) is 95.3 Å². The van der Waals surface area contributed by atoms with Crippen molar-refractivity contribution in [3.8, 4) is 16.9 Å². The van der Waals surface area contributed by atoms with E-state index < -0.39 is 11.2 Å². The monoisotopic (exact) mass is 442 g/mol. The number of anilines is 1. The number of benzene rings is 2. The largest absolute Gasteiger partial charge is 0.332 e. The van der Waals surface area contributed by atoms with Crippen LogP contribution in [0.25, 0.3) is 33.9 Å². The summed E-state index contributed by atoms with van der Waals surface area (Å²) in [6.07, 6.45) is 1.86. The van der Waals surface area contributed by atoms with E-state index in [0.717, 1.165) is 27.1 Å². The van der Waals surface area contributed by atoms with Crippen LogP contribution in [0.3, 0.4) is 0 Å². The molecule has 5 rings (SSSR count). The Bertz CT molecular complexity index is 1670. The Hall–Kier alpha value is -4.40. The van der Waals surface area contributed by atoms with Gasteiger partial charge >= 0.3 is 5.69 Å². The van der Waals surface area contributed by atoms with Crippen LogP contribution < -0.4 is 16.6 Å². The highest BCUT2D eigenvalue weighted by atomic mass is 16.2. The van der Waals surface area contributed by atoms with Gasteiger partial charge in [-0.15, -0.1) is 0 Å². The van der Waals surface area contributed by atoms with E-state index in [-0.39, 0.29) is 5.91 Å². The van der Waals surface area contributed by atoms with E-state index >= 15 is 0 Å². The van der Waals surface area contributed by atoms with Crippen LogP contribution in [-0.2, 0) is 18.9 Å². The molecule has 1 amide bonds. The van der Waals surface area contributed by atoms with Crippen LogP contribution in [0.2, 0.25) is 0 Å². The van der Waals surface area contributed by atoms with Gasteiger partial charge in [0, 0.05) is 44.2 Å². The summed E-state index contributed by atoms with van der Waals surface area (Å²) in [4.78, 5) is 41.5. The van der Waals surface area contributed by atoms with Gasteiger partial charge in [-0.2, -0.15) is 4.98 Å². The lowest BCUT2D eigenvalue weighted by Gasteiger charge is -2.11. The van der Waals surface area contributed by atoms with Crippen molar-refractivity contribution in [2.24, 2.45) is 14.1 Å². The summed E-state index contributed by atoms with van der Waals surface area (Å²) in [5.74, 6) is 0.355. The molecule has 0 aliphatic carbocycles. The van der Waals surface area contributed by atoms with E-state index in [1.165, 1.54) is 18.5 Å². The zero-order valence-electron chi connectivity index (χ0n) is 18.7. The lowest BCUT2D eigenvalue weighted by molar-refractivity contribution is -0.114. The van der Waals surface area contributed by atoms with Crippen LogP contribution in [-0.4, -0.2) is 29.0 Å². The number of amides is 1. The van der Waals surface area contributed by atoms with Gasteiger partial charge in [-0.1, -0.05) is 29.8 Å². The van der Waals surface area contributed by atoms with Crippen molar-refractivity contribution in [2.75, 3.05) is 5.32 Å². The van der Waals surface area contributed by atoms with Crippen molar-refractivity contribution in [2.45, 2.75) is 13.8 Å². The molecule has 9 nitrogen and oxygen atoms in total. The summed E-state index contributed by atoms with van der Waals surface area (Å²) in [7, 11) is 3.06. The number of rotatable bonds is 3. The molecule has 2 aromatic carbocycles. The molecule has 0 saturated heterocycles. The highest BCUT2D eigenvalue weighted by Crippen LogP contribution is 2.29. The molecule has 0 atom stereocenters. The third-order valence-electron chi connectivity index (χ3n) is 5.76. The van der Waals surface area contributed by atoms with Crippen molar-refractivity contribution in [1.82, 2.24) is 23.1 Å². The van der Waals surface area contributed by atoms with E-state index in [2.05, 4.69) is 5.32 Å². The van der Waals surface area contributed by atoms with Crippen LogP contribution in [0.4, 0.5) is 5.69 Å². The van der Waals surface area contributed by atoms with Crippen molar-refractivity contribution < 1.29 is 4.79 Å². The zero-order chi connectivity index (χ0) is 23.4. The fourth-order valence-electron chi connectivity index (χ4n) is 4.05. The first-order valence-electron chi connectivity index (χ1n) is 10.4. The number of carbonyl (C=O) groups is 1. The van der Waals surface area contributed by atoms with E-state index in [1.807, 2.05) is 66.2 Å². The summed E-state index contributed by atoms with van der Waals surface area (Å²) >= 11 is 0. The van der Waals surface area contributed by atoms with Gasteiger partial charge in [0.25, 0.3) is 5.56 Å². The molecule has 0 aliphatic heterocycles. The van der Waals surface area contributed by atoms with E-state index in [9.17, 15) is 14.4 Å². The maximum Gasteiger partial charge on any atom is 0.332 e. The van der Waals surface area contributed by atoms with Crippen molar-refractivity contribution in [3.63, 3.8) is 0 Å². The summed E-state index contributed by atoms with van der Waals surface area (Å²) < 4.78 is 6.13. The number of aryl methyl sites for hydroxylation is 2. The first kappa shape index (κ1) is 20.5. The van der Waals surface area contributed by atoms with Crippen LogP contribution in [0.1, 0.15) is 12.5 Å². The summed E-state index contributed by atoms with van der Waals surface area (Å²) in [5, 5.41) is 2.76. The number of fused-ring (bicyclic) bond motifs is 3. The summed E-state index contributed by atoms with van der Waals surface area (Å²) in [6.45, 7) is 3.48. The molecular formula is C24H22N6O3. The second kappa shape index (κ2) is 7.33. The first-order valence-corrected chi connectivity index (χ1v) is 10.4. The average molecular weight is 442 g/mol. The maximum absolute atomic E-state index is 13.0. The lowest BCUT2D eigenvalue weighted by atomic mass is 10.1. The van der Waals surface area contributed by atoms with Gasteiger partial charge in [-0.05, 0) is 31.2 Å². The number of aromatic nitrogens is 5. The molecule has 9 heteroatoms. The molecule has 0 radical (unpaired) electrons. The minimum Gasteiger partial charge on any atom is -0.326 e.